The average molecular weight is 623 g/mol. The number of methoxy groups -OCH3 is 1. The lowest BCUT2D eigenvalue weighted by molar-refractivity contribution is -0.119. The molecule has 1 unspecified atom stereocenters. The molecule has 3 heterocycles. The normalized spacial score (nSPS) is 14.5. The first-order chi connectivity index (χ1) is 21.1. The van der Waals surface area contributed by atoms with Crippen molar-refractivity contribution < 1.29 is 32.7 Å². The van der Waals surface area contributed by atoms with Crippen molar-refractivity contribution in [3.05, 3.63) is 87.8 Å². The van der Waals surface area contributed by atoms with Crippen LogP contribution in [0.25, 0.3) is 10.4 Å². The number of carbonyl (C=O) groups excluding carboxylic acids is 3. The Labute approximate surface area is 255 Å². The van der Waals surface area contributed by atoms with Crippen molar-refractivity contribution in [1.29, 1.82) is 0 Å². The third-order valence-electron chi connectivity index (χ3n) is 6.89. The summed E-state index contributed by atoms with van der Waals surface area (Å²) in [4.78, 5) is 48.6. The highest BCUT2D eigenvalue weighted by molar-refractivity contribution is 7.16. The minimum Gasteiger partial charge on any atom is -0.480 e. The number of halogens is 2. The van der Waals surface area contributed by atoms with Crippen molar-refractivity contribution in [2.45, 2.75) is 18.9 Å². The van der Waals surface area contributed by atoms with Gasteiger partial charge in [0.15, 0.2) is 5.82 Å². The van der Waals surface area contributed by atoms with Gasteiger partial charge in [0, 0.05) is 33.6 Å². The fourth-order valence-corrected chi connectivity index (χ4v) is 6.37. The van der Waals surface area contributed by atoms with Crippen LogP contribution in [-0.2, 0) is 22.6 Å². The predicted molar refractivity (Wildman–Crippen MR) is 160 cm³/mol. The first kappa shape index (κ1) is 30.7. The van der Waals surface area contributed by atoms with Crippen LogP contribution in [0.1, 0.15) is 32.3 Å². The number of urea groups is 1. The zero-order valence-corrected chi connectivity index (χ0v) is 25.0. The molecule has 0 saturated carbocycles. The summed E-state index contributed by atoms with van der Waals surface area (Å²) in [7, 11) is 6.40. The minimum atomic E-state index is -1.10. The fraction of sp³-hybridized carbons (Fsp3) is 0.233. The van der Waals surface area contributed by atoms with E-state index in [-0.39, 0.29) is 29.2 Å². The number of benzene rings is 2. The van der Waals surface area contributed by atoms with Gasteiger partial charge < -0.3 is 15.0 Å². The van der Waals surface area contributed by atoms with Crippen molar-refractivity contribution in [2.24, 2.45) is 0 Å². The number of hydrogen-bond acceptors (Lipinski definition) is 9. The molecule has 4 amide bonds. The highest BCUT2D eigenvalue weighted by Gasteiger charge is 2.45. The van der Waals surface area contributed by atoms with E-state index in [4.69, 9.17) is 4.74 Å². The van der Waals surface area contributed by atoms with Crippen molar-refractivity contribution in [2.75, 3.05) is 38.5 Å². The maximum atomic E-state index is 14.9. The summed E-state index contributed by atoms with van der Waals surface area (Å²) < 4.78 is 34.8. The molecule has 1 atom stereocenters. The molecule has 11 nitrogen and oxygen atoms in total. The number of thiophene rings is 1. The van der Waals surface area contributed by atoms with Crippen molar-refractivity contribution in [3.8, 4) is 16.3 Å². The average Bonchev–Trinajstić information content (AvgIpc) is 3.36. The van der Waals surface area contributed by atoms with Crippen LogP contribution >= 0.6 is 11.3 Å². The molecule has 2 aromatic heterocycles. The van der Waals surface area contributed by atoms with Gasteiger partial charge in [-0.3, -0.25) is 14.4 Å². The number of aromatic nitrogens is 2. The van der Waals surface area contributed by atoms with Gasteiger partial charge in [-0.15, -0.1) is 21.5 Å². The monoisotopic (exact) mass is 622 g/mol. The molecule has 228 valence electrons. The Morgan fingerprint density at radius 1 is 1.00 bits per heavy atom. The Hall–Kier alpha value is -4.79. The van der Waals surface area contributed by atoms with Crippen LogP contribution in [0.4, 0.5) is 25.1 Å². The van der Waals surface area contributed by atoms with Crippen molar-refractivity contribution in [1.82, 2.24) is 20.6 Å². The number of hydrogen-bond donors (Lipinski definition) is 2. The molecular formula is C30H28F2N6O5S. The van der Waals surface area contributed by atoms with Crippen LogP contribution in [0.2, 0.25) is 0 Å². The molecule has 0 radical (unpaired) electrons. The molecule has 4 aromatic rings. The van der Waals surface area contributed by atoms with Gasteiger partial charge in [0.05, 0.1) is 25.7 Å². The van der Waals surface area contributed by atoms with Gasteiger partial charge in [-0.1, -0.05) is 18.2 Å². The Morgan fingerprint density at radius 2 is 1.70 bits per heavy atom. The van der Waals surface area contributed by atoms with Crippen LogP contribution < -0.4 is 20.4 Å². The number of nitrogens with zero attached hydrogens (tertiary/aromatic N) is 4. The number of ether oxygens (including phenoxy) is 1. The summed E-state index contributed by atoms with van der Waals surface area (Å²) in [6.45, 7) is 0.320. The highest BCUT2D eigenvalue weighted by atomic mass is 32.1. The number of fused-ring (bicyclic) bond motifs is 1. The smallest absolute Gasteiger partial charge is 0.343 e. The molecule has 0 saturated heterocycles. The van der Waals surface area contributed by atoms with Gasteiger partial charge in [0.25, 0.3) is 5.91 Å². The summed E-state index contributed by atoms with van der Waals surface area (Å²) in [6, 6.07) is 12.7. The Morgan fingerprint density at radius 3 is 2.30 bits per heavy atom. The van der Waals surface area contributed by atoms with E-state index in [1.165, 1.54) is 43.8 Å². The predicted octanol–water partition coefficient (Wildman–Crippen LogP) is 4.75. The fourth-order valence-electron chi connectivity index (χ4n) is 4.97. The first-order valence-corrected chi connectivity index (χ1v) is 14.1. The zero-order valence-electron chi connectivity index (χ0n) is 24.2. The minimum absolute atomic E-state index is 0.0428. The molecule has 44 heavy (non-hydrogen) atoms. The van der Waals surface area contributed by atoms with Gasteiger partial charge in [0.2, 0.25) is 11.8 Å². The number of hydroxylamine groups is 1. The summed E-state index contributed by atoms with van der Waals surface area (Å²) in [5, 5.41) is 10.6. The standard InChI is InChI=1S/C30H28F2N6O5S/c1-37(2)15-20-25-27(44-26(20)16-8-10-17(11-9-16)33-30(41)36-43-4)19(14-18-21(31)6-5-7-22(18)32)28(39)38(29(25)40)23-12-13-24(42-3)35-34-23/h5-13,19H,14-15H2,1-4H3,(H2,33,36,41). The molecule has 5 rings (SSSR count). The third-order valence-corrected chi connectivity index (χ3v) is 8.29. The Balaban J connectivity index is 1.66. The topological polar surface area (TPSA) is 126 Å². The van der Waals surface area contributed by atoms with Gasteiger partial charge in [0.1, 0.15) is 11.6 Å². The molecule has 14 heteroatoms. The molecule has 0 spiro atoms. The van der Waals surface area contributed by atoms with Crippen LogP contribution in [0.15, 0.2) is 54.6 Å². The van der Waals surface area contributed by atoms with Crippen molar-refractivity contribution in [3.63, 3.8) is 0 Å². The van der Waals surface area contributed by atoms with Gasteiger partial charge in [-0.25, -0.2) is 24.0 Å². The zero-order chi connectivity index (χ0) is 31.5. The summed E-state index contributed by atoms with van der Waals surface area (Å²) >= 11 is 1.22. The lowest BCUT2D eigenvalue weighted by Crippen LogP contribution is -2.46. The van der Waals surface area contributed by atoms with Gasteiger partial charge in [-0.05, 0) is 62.0 Å². The molecule has 0 fully saturated rings. The second kappa shape index (κ2) is 12.8. The molecule has 1 aliphatic heterocycles. The van der Waals surface area contributed by atoms with E-state index < -0.39 is 35.4 Å². The number of rotatable bonds is 9. The number of imide groups is 1. The molecule has 2 aromatic carbocycles. The SMILES string of the molecule is CONC(=O)Nc1ccc(-c2sc3c(c2CN(C)C)C(=O)N(c2ccc(OC)nn2)C(=O)C3Cc2c(F)cccc2F)cc1. The second-order valence-electron chi connectivity index (χ2n) is 10.1. The largest absolute Gasteiger partial charge is 0.480 e. The van der Waals surface area contributed by atoms with Gasteiger partial charge in [-0.2, -0.15) is 0 Å². The summed E-state index contributed by atoms with van der Waals surface area (Å²) in [5.74, 6) is -3.85. The highest BCUT2D eigenvalue weighted by Crippen LogP contribution is 2.46. The van der Waals surface area contributed by atoms with E-state index in [9.17, 15) is 23.2 Å². The maximum absolute atomic E-state index is 14.9. The van der Waals surface area contributed by atoms with E-state index in [1.54, 1.807) is 24.3 Å². The van der Waals surface area contributed by atoms with E-state index in [0.29, 0.717) is 33.1 Å². The quantitative estimate of drug-likeness (QED) is 0.202. The summed E-state index contributed by atoms with van der Waals surface area (Å²) in [5.41, 5.74) is 4.01. The number of amides is 4. The van der Waals surface area contributed by atoms with Crippen molar-refractivity contribution >= 4 is 40.7 Å². The number of nitrogens with one attached hydrogen (secondary N) is 2. The van der Waals surface area contributed by atoms with Crippen LogP contribution in [0, 0.1) is 11.6 Å². The van der Waals surface area contributed by atoms with E-state index in [2.05, 4.69) is 25.8 Å². The molecule has 0 bridgehead atoms. The van der Waals surface area contributed by atoms with Crippen LogP contribution in [-0.4, -0.2) is 61.3 Å². The maximum Gasteiger partial charge on any atom is 0.343 e. The number of carbonyl (C=O) groups is 3. The molecule has 0 aliphatic carbocycles. The Bertz CT molecular complexity index is 1690. The van der Waals surface area contributed by atoms with E-state index in [0.717, 1.165) is 17.0 Å². The van der Waals surface area contributed by atoms with Gasteiger partial charge >= 0.3 is 6.03 Å². The summed E-state index contributed by atoms with van der Waals surface area (Å²) in [6.07, 6.45) is -0.323. The molecule has 2 N–H and O–H groups in total. The van der Waals surface area contributed by atoms with E-state index >= 15 is 0 Å². The third kappa shape index (κ3) is 6.00. The second-order valence-corrected chi connectivity index (χ2v) is 11.1. The van der Waals surface area contributed by atoms with Crippen LogP contribution in [0.5, 0.6) is 5.88 Å². The van der Waals surface area contributed by atoms with Crippen LogP contribution in [0.3, 0.4) is 0 Å². The first-order valence-electron chi connectivity index (χ1n) is 13.3. The Kier molecular flexibility index (Phi) is 8.94. The van der Waals surface area contributed by atoms with E-state index in [1.807, 2.05) is 19.0 Å². The molecular weight excluding hydrogens is 594 g/mol. The lowest BCUT2D eigenvalue weighted by atomic mass is 9.88. The lowest BCUT2D eigenvalue weighted by Gasteiger charge is -2.30. The number of anilines is 2. The molecule has 1 aliphatic rings.